The lowest BCUT2D eigenvalue weighted by molar-refractivity contribution is 0.0696. The number of aromatic carboxylic acids is 1. The number of benzene rings is 1. The van der Waals surface area contributed by atoms with Crippen LogP contribution in [0.3, 0.4) is 0 Å². The van der Waals surface area contributed by atoms with Gasteiger partial charge in [0, 0.05) is 28.9 Å². The predicted molar refractivity (Wildman–Crippen MR) is 76.7 cm³/mol. The summed E-state index contributed by atoms with van der Waals surface area (Å²) < 4.78 is 50.9. The molecule has 118 valence electrons. The number of hydrogen-bond acceptors (Lipinski definition) is 4. The molecule has 0 aromatic heterocycles. The Kier molecular flexibility index (Phi) is 5.99. The minimum atomic E-state index is -4.07. The van der Waals surface area contributed by atoms with E-state index in [1.165, 1.54) is 6.26 Å². The molecule has 2 N–H and O–H groups in total. The maximum absolute atomic E-state index is 13.7. The van der Waals surface area contributed by atoms with E-state index in [0.29, 0.717) is 12.5 Å². The van der Waals surface area contributed by atoms with Gasteiger partial charge in [-0.15, -0.1) is 0 Å². The molecule has 0 spiro atoms. The lowest BCUT2D eigenvalue weighted by atomic mass is 10.2. The minimum absolute atomic E-state index is 0.0171. The third-order valence-corrected chi connectivity index (χ3v) is 5.74. The Morgan fingerprint density at radius 2 is 2.10 bits per heavy atom. The van der Waals surface area contributed by atoms with Gasteiger partial charge in [-0.25, -0.2) is 22.3 Å². The number of carboxylic acids is 1. The highest BCUT2D eigenvalue weighted by Crippen LogP contribution is 2.16. The van der Waals surface area contributed by atoms with Crippen LogP contribution in [0.2, 0.25) is 0 Å². The molecule has 0 bridgehead atoms. The molecule has 0 radical (unpaired) electrons. The van der Waals surface area contributed by atoms with Crippen molar-refractivity contribution < 1.29 is 26.9 Å². The first-order valence-corrected chi connectivity index (χ1v) is 9.10. The number of hydrogen-bond donors (Lipinski definition) is 2. The summed E-state index contributed by atoms with van der Waals surface area (Å²) >= 11 is 0. The average Bonchev–Trinajstić information content (AvgIpc) is 2.37. The van der Waals surface area contributed by atoms with Crippen LogP contribution in [0.1, 0.15) is 23.7 Å². The van der Waals surface area contributed by atoms with Crippen LogP contribution in [-0.4, -0.2) is 41.8 Å². The molecule has 0 heterocycles. The van der Waals surface area contributed by atoms with E-state index in [9.17, 15) is 21.8 Å². The Labute approximate surface area is 124 Å². The van der Waals surface area contributed by atoms with Crippen LogP contribution in [-0.2, 0) is 20.8 Å². The van der Waals surface area contributed by atoms with Crippen LogP contribution < -0.4 is 4.72 Å². The zero-order chi connectivity index (χ0) is 16.2. The molecule has 0 saturated heterocycles. The third kappa shape index (κ3) is 4.87. The Balaban J connectivity index is 2.84. The quantitative estimate of drug-likeness (QED) is 0.772. The summed E-state index contributed by atoms with van der Waals surface area (Å²) in [6.45, 7) is 1.73. The second-order valence-electron chi connectivity index (χ2n) is 4.45. The van der Waals surface area contributed by atoms with Gasteiger partial charge in [0.05, 0.1) is 5.56 Å². The minimum Gasteiger partial charge on any atom is -0.478 e. The molecular formula is C12H16FNO5S2. The summed E-state index contributed by atoms with van der Waals surface area (Å²) in [7, 11) is -5.14. The van der Waals surface area contributed by atoms with Crippen molar-refractivity contribution in [1.82, 2.24) is 4.72 Å². The van der Waals surface area contributed by atoms with Crippen molar-refractivity contribution in [3.8, 4) is 0 Å². The first kappa shape index (κ1) is 17.7. The fraction of sp³-hybridized carbons (Fsp3) is 0.417. The molecular weight excluding hydrogens is 321 g/mol. The SMILES string of the molecule is CC(CCNS(=O)(=O)c1ccc(C(=O)O)cc1F)S(C)=O. The standard InChI is InChI=1S/C12H16FNO5S2/c1-8(20(2)17)5-6-14-21(18,19)11-4-3-9(12(15)16)7-10(11)13/h3-4,7-8,14H,5-6H2,1-2H3,(H,15,16). The highest BCUT2D eigenvalue weighted by atomic mass is 32.2. The highest BCUT2D eigenvalue weighted by molar-refractivity contribution is 7.89. The zero-order valence-corrected chi connectivity index (χ0v) is 13.1. The van der Waals surface area contributed by atoms with E-state index in [0.717, 1.165) is 12.1 Å². The van der Waals surface area contributed by atoms with Crippen molar-refractivity contribution in [2.45, 2.75) is 23.5 Å². The van der Waals surface area contributed by atoms with Gasteiger partial charge in [0.25, 0.3) is 0 Å². The van der Waals surface area contributed by atoms with Gasteiger partial charge in [0.1, 0.15) is 10.7 Å². The fourth-order valence-electron chi connectivity index (χ4n) is 1.49. The van der Waals surface area contributed by atoms with Gasteiger partial charge in [-0.05, 0) is 24.6 Å². The Morgan fingerprint density at radius 3 is 2.57 bits per heavy atom. The van der Waals surface area contributed by atoms with E-state index in [1.807, 2.05) is 0 Å². The van der Waals surface area contributed by atoms with Gasteiger partial charge in [0.15, 0.2) is 0 Å². The lowest BCUT2D eigenvalue weighted by Crippen LogP contribution is -2.28. The molecule has 0 aliphatic carbocycles. The van der Waals surface area contributed by atoms with Crippen LogP contribution in [0.4, 0.5) is 4.39 Å². The molecule has 21 heavy (non-hydrogen) atoms. The summed E-state index contributed by atoms with van der Waals surface area (Å²) in [5, 5.41) is 8.51. The Morgan fingerprint density at radius 1 is 1.48 bits per heavy atom. The van der Waals surface area contributed by atoms with Crippen molar-refractivity contribution in [1.29, 1.82) is 0 Å². The lowest BCUT2D eigenvalue weighted by Gasteiger charge is -2.10. The second-order valence-corrected chi connectivity index (χ2v) is 7.98. The normalized spacial score (nSPS) is 14.6. The van der Waals surface area contributed by atoms with E-state index >= 15 is 0 Å². The summed E-state index contributed by atoms with van der Waals surface area (Å²) in [5.74, 6) is -2.47. The zero-order valence-electron chi connectivity index (χ0n) is 11.5. The smallest absolute Gasteiger partial charge is 0.335 e. The van der Waals surface area contributed by atoms with E-state index in [1.54, 1.807) is 6.92 Å². The molecule has 0 amide bonds. The van der Waals surface area contributed by atoms with Crippen molar-refractivity contribution >= 4 is 26.8 Å². The van der Waals surface area contributed by atoms with Crippen LogP contribution >= 0.6 is 0 Å². The molecule has 2 atom stereocenters. The number of nitrogens with one attached hydrogen (secondary N) is 1. The number of carboxylic acid groups (broad SMARTS) is 1. The molecule has 1 aromatic carbocycles. The summed E-state index contributed by atoms with van der Waals surface area (Å²) in [6.07, 6.45) is 1.86. The monoisotopic (exact) mass is 337 g/mol. The largest absolute Gasteiger partial charge is 0.478 e. The van der Waals surface area contributed by atoms with Crippen molar-refractivity contribution in [2.75, 3.05) is 12.8 Å². The van der Waals surface area contributed by atoms with Crippen molar-refractivity contribution in [3.63, 3.8) is 0 Å². The molecule has 1 aromatic rings. The van der Waals surface area contributed by atoms with Gasteiger partial charge >= 0.3 is 5.97 Å². The van der Waals surface area contributed by atoms with E-state index in [2.05, 4.69) is 4.72 Å². The number of sulfonamides is 1. The highest BCUT2D eigenvalue weighted by Gasteiger charge is 2.20. The maximum Gasteiger partial charge on any atom is 0.335 e. The number of rotatable bonds is 7. The van der Waals surface area contributed by atoms with E-state index in [4.69, 9.17) is 5.11 Å². The molecule has 0 saturated carbocycles. The molecule has 0 aliphatic rings. The van der Waals surface area contributed by atoms with Crippen LogP contribution in [0, 0.1) is 5.82 Å². The van der Waals surface area contributed by atoms with E-state index in [-0.39, 0.29) is 17.4 Å². The van der Waals surface area contributed by atoms with E-state index < -0.39 is 37.5 Å². The number of carbonyl (C=O) groups is 1. The van der Waals surface area contributed by atoms with Crippen molar-refractivity contribution in [3.05, 3.63) is 29.6 Å². The maximum atomic E-state index is 13.7. The van der Waals surface area contributed by atoms with Gasteiger partial charge in [-0.3, -0.25) is 4.21 Å². The second kappa shape index (κ2) is 7.10. The number of halogens is 1. The first-order chi connectivity index (χ1) is 9.65. The van der Waals surface area contributed by atoms with Crippen molar-refractivity contribution in [2.24, 2.45) is 0 Å². The van der Waals surface area contributed by atoms with Crippen LogP contribution in [0.15, 0.2) is 23.1 Å². The topological polar surface area (TPSA) is 101 Å². The molecule has 2 unspecified atom stereocenters. The molecule has 0 aliphatic heterocycles. The first-order valence-electron chi connectivity index (χ1n) is 6.00. The molecule has 6 nitrogen and oxygen atoms in total. The molecule has 9 heteroatoms. The summed E-state index contributed by atoms with van der Waals surface area (Å²) in [5.41, 5.74) is -0.332. The average molecular weight is 337 g/mol. The van der Waals surface area contributed by atoms with Gasteiger partial charge in [-0.2, -0.15) is 0 Å². The van der Waals surface area contributed by atoms with Crippen LogP contribution in [0.5, 0.6) is 0 Å². The van der Waals surface area contributed by atoms with Gasteiger partial charge in [0.2, 0.25) is 10.0 Å². The fourth-order valence-corrected chi connectivity index (χ4v) is 3.05. The Hall–Kier alpha value is -1.32. The van der Waals surface area contributed by atoms with Gasteiger partial charge < -0.3 is 5.11 Å². The summed E-state index contributed by atoms with van der Waals surface area (Å²) in [6, 6.07) is 2.58. The predicted octanol–water partition coefficient (Wildman–Crippen LogP) is 0.959. The Bertz CT molecular complexity index is 660. The molecule has 0 fully saturated rings. The van der Waals surface area contributed by atoms with Crippen LogP contribution in [0.25, 0.3) is 0 Å². The third-order valence-electron chi connectivity index (χ3n) is 2.88. The molecule has 1 rings (SSSR count). The summed E-state index contributed by atoms with van der Waals surface area (Å²) in [4.78, 5) is 10.1. The van der Waals surface area contributed by atoms with Gasteiger partial charge in [-0.1, -0.05) is 6.92 Å².